The molecule has 9 rings (SSSR count). The molecule has 4 aliphatic rings. The number of benzene rings is 5. The Morgan fingerprint density at radius 2 is 0.805 bits per heavy atom. The molecule has 7 atom stereocenters. The van der Waals surface area contributed by atoms with Crippen LogP contribution in [0, 0.1) is 0 Å². The van der Waals surface area contributed by atoms with Gasteiger partial charge in [-0.25, -0.2) is 4.72 Å². The lowest BCUT2D eigenvalue weighted by Gasteiger charge is -2.33. The van der Waals surface area contributed by atoms with Crippen LogP contribution >= 0.6 is 0 Å². The molecule has 19 heteroatoms. The normalized spacial score (nSPS) is 20.9. The number of hydrogen-bond acceptors (Lipinski definition) is 10. The summed E-state index contributed by atoms with van der Waals surface area (Å²) in [6, 6.07) is 48.0. The molecule has 11 N–H and O–H groups in total. The van der Waals surface area contributed by atoms with E-state index in [0.717, 1.165) is 100 Å². The number of nitrogens with two attached hydrogens (primary N) is 4. The van der Waals surface area contributed by atoms with Crippen molar-refractivity contribution in [3.63, 3.8) is 0 Å². The van der Waals surface area contributed by atoms with Gasteiger partial charge in [-0.3, -0.25) is 0 Å². The molecule has 0 aromatic heterocycles. The number of nitrogens with zero attached hydrogens (tertiary/aromatic N) is 3. The van der Waals surface area contributed by atoms with Crippen LogP contribution in [0.3, 0.4) is 0 Å². The second-order valence-electron chi connectivity index (χ2n) is 20.5. The van der Waals surface area contributed by atoms with Gasteiger partial charge in [0.2, 0.25) is 0 Å². The number of rotatable bonds is 17. The summed E-state index contributed by atoms with van der Waals surface area (Å²) in [5.74, 6) is 0.337. The maximum atomic E-state index is 12.9. The Bertz CT molecular complexity index is 2710. The van der Waals surface area contributed by atoms with Gasteiger partial charge in [-0.15, -0.1) is 0 Å². The molecule has 0 radical (unpaired) electrons. The highest BCUT2D eigenvalue weighted by atomic mass is 32.2. The fraction of sp³-hybridized carbons (Fsp3) is 0.483. The monoisotopic (exact) mass is 1110 g/mol. The summed E-state index contributed by atoms with van der Waals surface area (Å²) in [6.07, 6.45) is 12.9. The molecule has 0 unspecified atom stereocenters. The van der Waals surface area contributed by atoms with Crippen LogP contribution in [0.2, 0.25) is 0 Å². The molecule has 422 valence electrons. The van der Waals surface area contributed by atoms with Crippen molar-refractivity contribution in [3.8, 4) is 0 Å². The SMILES string of the molecule is C[C@@H](c1ccccc1)[C@@H](N)c1ccccc1.N[C@@H](c1ccccc1)[C@@H](NS(=O)(=O)N1CCCCC1)c1ccccc1.N[C@@H]1CCCC[C@H]1NS(=O)(=O)N1CCCCC1.N[C@H](CNS(=O)(=O)N1CCCCC1)c1ccccc1. The molecule has 1 saturated carbocycles. The highest BCUT2D eigenvalue weighted by Gasteiger charge is 2.33. The Balaban J connectivity index is 0.000000169. The van der Waals surface area contributed by atoms with Gasteiger partial charge < -0.3 is 22.9 Å². The second kappa shape index (κ2) is 31.4. The van der Waals surface area contributed by atoms with E-state index in [1.807, 2.05) is 115 Å². The topological polar surface area (TPSA) is 252 Å². The van der Waals surface area contributed by atoms with Crippen LogP contribution in [0.15, 0.2) is 152 Å². The highest BCUT2D eigenvalue weighted by molar-refractivity contribution is 7.87. The van der Waals surface area contributed by atoms with Crippen molar-refractivity contribution < 1.29 is 25.3 Å². The Hall–Kier alpha value is -4.45. The smallest absolute Gasteiger partial charge is 0.280 e. The van der Waals surface area contributed by atoms with Crippen LogP contribution < -0.4 is 37.1 Å². The summed E-state index contributed by atoms with van der Waals surface area (Å²) in [5.41, 5.74) is 29.9. The zero-order valence-corrected chi connectivity index (χ0v) is 47.4. The fourth-order valence-electron chi connectivity index (χ4n) is 10.0. The minimum absolute atomic E-state index is 0.0247. The van der Waals surface area contributed by atoms with Gasteiger partial charge in [0.05, 0.1) is 12.1 Å². The lowest BCUT2D eigenvalue weighted by molar-refractivity contribution is 0.319. The molecule has 5 aromatic rings. The fourth-order valence-corrected chi connectivity index (χ4v) is 14.4. The minimum Gasteiger partial charge on any atom is -0.326 e. The second-order valence-corrected chi connectivity index (χ2v) is 25.7. The molecule has 77 heavy (non-hydrogen) atoms. The molecule has 1 aliphatic carbocycles. The van der Waals surface area contributed by atoms with Gasteiger partial charge in [0.25, 0.3) is 30.6 Å². The maximum Gasteiger partial charge on any atom is 0.280 e. The first-order valence-corrected chi connectivity index (χ1v) is 31.9. The van der Waals surface area contributed by atoms with Gasteiger partial charge in [-0.2, -0.15) is 47.6 Å². The number of hydrogen-bond donors (Lipinski definition) is 7. The minimum atomic E-state index is -3.58. The van der Waals surface area contributed by atoms with E-state index in [1.165, 1.54) is 19.7 Å². The van der Waals surface area contributed by atoms with Gasteiger partial charge in [0, 0.05) is 75.9 Å². The Labute approximate surface area is 461 Å². The van der Waals surface area contributed by atoms with Gasteiger partial charge >= 0.3 is 0 Å². The van der Waals surface area contributed by atoms with Gasteiger partial charge in [0.15, 0.2) is 0 Å². The summed E-state index contributed by atoms with van der Waals surface area (Å²) in [6.45, 7) is 6.05. The van der Waals surface area contributed by atoms with Crippen molar-refractivity contribution in [3.05, 3.63) is 179 Å². The molecule has 3 aliphatic heterocycles. The van der Waals surface area contributed by atoms with Crippen molar-refractivity contribution >= 4 is 30.6 Å². The van der Waals surface area contributed by atoms with E-state index in [9.17, 15) is 25.3 Å². The summed E-state index contributed by atoms with van der Waals surface area (Å²) < 4.78 is 87.1. The summed E-state index contributed by atoms with van der Waals surface area (Å²) in [7, 11) is -10.3. The average Bonchev–Trinajstić information content (AvgIpc) is 3.48. The highest BCUT2D eigenvalue weighted by Crippen LogP contribution is 2.30. The van der Waals surface area contributed by atoms with Gasteiger partial charge in [-0.1, -0.05) is 191 Å². The molecule has 0 bridgehead atoms. The number of nitrogens with one attached hydrogen (secondary N) is 3. The Morgan fingerprint density at radius 1 is 0.442 bits per heavy atom. The molecule has 0 amide bonds. The van der Waals surface area contributed by atoms with Crippen molar-refractivity contribution in [1.82, 2.24) is 27.1 Å². The van der Waals surface area contributed by atoms with Crippen molar-refractivity contribution in [2.45, 2.75) is 133 Å². The largest absolute Gasteiger partial charge is 0.326 e. The van der Waals surface area contributed by atoms with Crippen LogP contribution in [0.4, 0.5) is 0 Å². The van der Waals surface area contributed by atoms with Gasteiger partial charge in [0.1, 0.15) is 0 Å². The van der Waals surface area contributed by atoms with E-state index >= 15 is 0 Å². The van der Waals surface area contributed by atoms with E-state index < -0.39 is 42.7 Å². The first-order chi connectivity index (χ1) is 37.1. The lowest BCUT2D eigenvalue weighted by Crippen LogP contribution is -2.54. The predicted octanol–water partition coefficient (Wildman–Crippen LogP) is 7.82. The van der Waals surface area contributed by atoms with Crippen LogP contribution in [0.5, 0.6) is 0 Å². The molecule has 4 fully saturated rings. The van der Waals surface area contributed by atoms with E-state index in [-0.39, 0.29) is 30.7 Å². The maximum absolute atomic E-state index is 12.9. The molecule has 16 nitrogen and oxygen atoms in total. The van der Waals surface area contributed by atoms with Crippen LogP contribution in [-0.4, -0.2) is 96.1 Å². The van der Waals surface area contributed by atoms with Crippen molar-refractivity contribution in [2.75, 3.05) is 45.8 Å². The van der Waals surface area contributed by atoms with Crippen molar-refractivity contribution in [1.29, 1.82) is 0 Å². The van der Waals surface area contributed by atoms with Crippen molar-refractivity contribution in [2.24, 2.45) is 22.9 Å². The zero-order chi connectivity index (χ0) is 55.1. The van der Waals surface area contributed by atoms with Crippen LogP contribution in [0.25, 0.3) is 0 Å². The Kier molecular flexibility index (Phi) is 25.2. The average molecular weight is 1120 g/mol. The summed E-state index contributed by atoms with van der Waals surface area (Å²) >= 11 is 0. The van der Waals surface area contributed by atoms with E-state index in [4.69, 9.17) is 22.9 Å². The van der Waals surface area contributed by atoms with E-state index in [2.05, 4.69) is 57.5 Å². The third-order valence-electron chi connectivity index (χ3n) is 14.8. The third kappa shape index (κ3) is 19.7. The van der Waals surface area contributed by atoms with Crippen LogP contribution in [0.1, 0.15) is 148 Å². The standard InChI is InChI=1S/C19H25N3O2S.C15H17N.C13H21N3O2S.C11H23N3O2S/c20-18(16-10-4-1-5-11-16)19(17-12-6-2-7-13-17)21-25(23,24)22-14-8-3-9-15-22;1-12(13-8-4-2-5-9-13)15(16)14-10-6-3-7-11-14;14-13(12-7-3-1-4-8-12)11-15-19(17,18)16-9-5-2-6-10-16;12-10-6-2-3-7-11(10)13-17(15,16)14-8-4-1-5-9-14/h1-2,4-7,10-13,18-19,21H,3,8-9,14-15,20H2;2-12,15H,16H2,1H3;1,3-4,7-8,13,15H,2,5-6,9-11,14H2;10-11,13H,1-9,12H2/t18-,19-;12-,15+;13-;10-,11-/m0011/s1. The first-order valence-electron chi connectivity index (χ1n) is 27.6. The zero-order valence-electron chi connectivity index (χ0n) is 44.9. The predicted molar refractivity (Wildman–Crippen MR) is 312 cm³/mol. The van der Waals surface area contributed by atoms with E-state index in [0.29, 0.717) is 45.2 Å². The van der Waals surface area contributed by atoms with Crippen LogP contribution in [-0.2, 0) is 30.6 Å². The van der Waals surface area contributed by atoms with Gasteiger partial charge in [-0.05, 0) is 79.2 Å². The lowest BCUT2D eigenvalue weighted by atomic mass is 9.89. The molecule has 3 heterocycles. The summed E-state index contributed by atoms with van der Waals surface area (Å²) in [4.78, 5) is 0. The quantitative estimate of drug-likeness (QED) is 0.0475. The Morgan fingerprint density at radius 3 is 1.25 bits per heavy atom. The molecule has 3 saturated heterocycles. The third-order valence-corrected chi connectivity index (χ3v) is 19.6. The first kappa shape index (κ1) is 61.8. The molecular formula is C58H86N10O6S3. The van der Waals surface area contributed by atoms with E-state index in [1.54, 1.807) is 4.31 Å². The molecule has 0 spiro atoms. The number of piperidine rings is 3. The molecule has 5 aromatic carbocycles. The molecular weight excluding hydrogens is 1030 g/mol. The summed E-state index contributed by atoms with van der Waals surface area (Å²) in [5, 5.41) is 0.